The Morgan fingerprint density at radius 3 is 2.27 bits per heavy atom. The van der Waals surface area contributed by atoms with Crippen molar-refractivity contribution in [1.82, 2.24) is 0 Å². The van der Waals surface area contributed by atoms with Gasteiger partial charge in [-0.3, -0.25) is 4.79 Å². The molecule has 0 saturated heterocycles. The number of ether oxygens (including phenoxy) is 1. The van der Waals surface area contributed by atoms with Gasteiger partial charge in [-0.15, -0.1) is 0 Å². The van der Waals surface area contributed by atoms with E-state index >= 15 is 0 Å². The molecule has 0 aliphatic rings. The Hall–Kier alpha value is -1.64. The second-order valence-corrected chi connectivity index (χ2v) is 5.73. The molecule has 0 saturated carbocycles. The Kier molecular flexibility index (Phi) is 9.20. The fourth-order valence-corrected chi connectivity index (χ4v) is 2.42. The van der Waals surface area contributed by atoms with Crippen molar-refractivity contribution in [3.8, 4) is 0 Å². The molecule has 0 aliphatic heterocycles. The summed E-state index contributed by atoms with van der Waals surface area (Å²) < 4.78 is 5.56. The number of carbonyl (C=O) groups excluding carboxylic acids is 2. The molecular weight excluding hydrogens is 276 g/mol. The van der Waals surface area contributed by atoms with Crippen LogP contribution in [-0.4, -0.2) is 18.4 Å². The molecule has 1 rings (SSSR count). The first kappa shape index (κ1) is 18.4. The van der Waals surface area contributed by atoms with Crippen LogP contribution in [0.15, 0.2) is 24.3 Å². The van der Waals surface area contributed by atoms with E-state index in [-0.39, 0.29) is 12.1 Å². The van der Waals surface area contributed by atoms with Gasteiger partial charge in [-0.25, -0.2) is 4.79 Å². The smallest absolute Gasteiger partial charge is 0.338 e. The monoisotopic (exact) mass is 304 g/mol. The van der Waals surface area contributed by atoms with E-state index in [9.17, 15) is 9.59 Å². The van der Waals surface area contributed by atoms with Gasteiger partial charge in [0.2, 0.25) is 0 Å². The van der Waals surface area contributed by atoms with Gasteiger partial charge < -0.3 is 4.74 Å². The van der Waals surface area contributed by atoms with Crippen LogP contribution in [0.1, 0.15) is 85.9 Å². The number of aldehydes is 1. The van der Waals surface area contributed by atoms with Crippen molar-refractivity contribution < 1.29 is 14.3 Å². The molecule has 0 spiro atoms. The first-order valence-electron chi connectivity index (χ1n) is 8.47. The zero-order chi connectivity index (χ0) is 16.2. The van der Waals surface area contributed by atoms with Crippen LogP contribution in [0, 0.1) is 0 Å². The number of esters is 1. The highest BCUT2D eigenvalue weighted by Crippen LogP contribution is 2.15. The molecule has 0 heterocycles. The first-order chi connectivity index (χ1) is 10.7. The van der Waals surface area contributed by atoms with Crippen LogP contribution < -0.4 is 0 Å². The van der Waals surface area contributed by atoms with Crippen LogP contribution in [0.2, 0.25) is 0 Å². The highest BCUT2D eigenvalue weighted by molar-refractivity contribution is 5.90. The lowest BCUT2D eigenvalue weighted by atomic mass is 10.1. The van der Waals surface area contributed by atoms with Crippen molar-refractivity contribution in [2.24, 2.45) is 0 Å². The molecule has 0 bridgehead atoms. The molecule has 0 fully saturated rings. The van der Waals surface area contributed by atoms with Gasteiger partial charge in [-0.2, -0.15) is 0 Å². The summed E-state index contributed by atoms with van der Waals surface area (Å²) in [7, 11) is 0. The second-order valence-electron chi connectivity index (χ2n) is 5.73. The predicted molar refractivity (Wildman–Crippen MR) is 89.3 cm³/mol. The van der Waals surface area contributed by atoms with Crippen LogP contribution in [0.25, 0.3) is 0 Å². The summed E-state index contributed by atoms with van der Waals surface area (Å²) in [6.07, 6.45) is 9.99. The molecule has 0 N–H and O–H groups in total. The van der Waals surface area contributed by atoms with E-state index in [1.165, 1.54) is 32.1 Å². The van der Waals surface area contributed by atoms with E-state index in [1.807, 2.05) is 6.92 Å². The predicted octanol–water partition coefficient (Wildman–Crippen LogP) is 5.19. The molecule has 122 valence electrons. The van der Waals surface area contributed by atoms with Crippen molar-refractivity contribution in [3.63, 3.8) is 0 Å². The maximum Gasteiger partial charge on any atom is 0.338 e. The second kappa shape index (κ2) is 11.0. The molecule has 1 atom stereocenters. The molecule has 3 nitrogen and oxygen atoms in total. The van der Waals surface area contributed by atoms with Crippen LogP contribution >= 0.6 is 0 Å². The lowest BCUT2D eigenvalue weighted by molar-refractivity contribution is 0.0267. The lowest BCUT2D eigenvalue weighted by Gasteiger charge is -2.16. The van der Waals surface area contributed by atoms with Crippen molar-refractivity contribution in [2.75, 3.05) is 0 Å². The molecule has 22 heavy (non-hydrogen) atoms. The normalized spacial score (nSPS) is 11.9. The molecule has 1 aromatic rings. The number of hydrogen-bond acceptors (Lipinski definition) is 3. The quantitative estimate of drug-likeness (QED) is 0.321. The number of hydrogen-bond donors (Lipinski definition) is 0. The summed E-state index contributed by atoms with van der Waals surface area (Å²) in [6, 6.07) is 6.56. The first-order valence-corrected chi connectivity index (χ1v) is 8.47. The topological polar surface area (TPSA) is 43.4 Å². The average molecular weight is 304 g/mol. The zero-order valence-electron chi connectivity index (χ0n) is 13.8. The van der Waals surface area contributed by atoms with E-state index in [1.54, 1.807) is 24.3 Å². The van der Waals surface area contributed by atoms with Gasteiger partial charge in [0.05, 0.1) is 5.56 Å². The third-order valence-electron chi connectivity index (χ3n) is 3.89. The standard InChI is InChI=1S/C19H28O3/c1-3-5-6-7-8-9-10-18(4-2)22-19(21)17-13-11-16(15-20)12-14-17/h11-15,18H,3-10H2,1-2H3. The SMILES string of the molecule is CCCCCCCCC(CC)OC(=O)c1ccc(C=O)cc1. The zero-order valence-corrected chi connectivity index (χ0v) is 13.8. The molecule has 0 aromatic heterocycles. The summed E-state index contributed by atoms with van der Waals surface area (Å²) in [5.41, 5.74) is 1.07. The van der Waals surface area contributed by atoms with Gasteiger partial charge in [-0.05, 0) is 31.4 Å². The van der Waals surface area contributed by atoms with Crippen LogP contribution in [0.3, 0.4) is 0 Å². The Morgan fingerprint density at radius 2 is 1.68 bits per heavy atom. The van der Waals surface area contributed by atoms with E-state index in [4.69, 9.17) is 4.74 Å². The summed E-state index contributed by atoms with van der Waals surface area (Å²) in [5.74, 6) is -0.296. The summed E-state index contributed by atoms with van der Waals surface area (Å²) >= 11 is 0. The van der Waals surface area contributed by atoms with E-state index in [2.05, 4.69) is 6.92 Å². The minimum Gasteiger partial charge on any atom is -0.459 e. The van der Waals surface area contributed by atoms with Gasteiger partial charge in [0.15, 0.2) is 0 Å². The van der Waals surface area contributed by atoms with Gasteiger partial charge in [0.25, 0.3) is 0 Å². The number of benzene rings is 1. The summed E-state index contributed by atoms with van der Waals surface area (Å²) in [4.78, 5) is 22.7. The maximum atomic E-state index is 12.1. The molecular formula is C19H28O3. The van der Waals surface area contributed by atoms with Crippen molar-refractivity contribution in [2.45, 2.75) is 71.3 Å². The van der Waals surface area contributed by atoms with Crippen molar-refractivity contribution in [1.29, 1.82) is 0 Å². The summed E-state index contributed by atoms with van der Waals surface area (Å²) in [6.45, 7) is 4.26. The van der Waals surface area contributed by atoms with Crippen molar-refractivity contribution in [3.05, 3.63) is 35.4 Å². The van der Waals surface area contributed by atoms with Gasteiger partial charge in [0.1, 0.15) is 12.4 Å². The number of carbonyl (C=O) groups is 2. The van der Waals surface area contributed by atoms with Gasteiger partial charge in [-0.1, -0.05) is 58.1 Å². The molecule has 1 aromatic carbocycles. The number of unbranched alkanes of at least 4 members (excludes halogenated alkanes) is 5. The van der Waals surface area contributed by atoms with Crippen LogP contribution in [0.4, 0.5) is 0 Å². The third-order valence-corrected chi connectivity index (χ3v) is 3.89. The molecule has 0 amide bonds. The van der Waals surface area contributed by atoms with Crippen LogP contribution in [0.5, 0.6) is 0 Å². The molecule has 0 radical (unpaired) electrons. The fraction of sp³-hybridized carbons (Fsp3) is 0.579. The van der Waals surface area contributed by atoms with Gasteiger partial charge >= 0.3 is 5.97 Å². The Morgan fingerprint density at radius 1 is 1.05 bits per heavy atom. The molecule has 3 heteroatoms. The number of rotatable bonds is 11. The average Bonchev–Trinajstić information content (AvgIpc) is 2.56. The molecule has 1 unspecified atom stereocenters. The van der Waals surface area contributed by atoms with E-state index in [0.29, 0.717) is 11.1 Å². The minimum absolute atomic E-state index is 0.00979. The van der Waals surface area contributed by atoms with E-state index < -0.39 is 0 Å². The Labute approximate surface area is 134 Å². The largest absolute Gasteiger partial charge is 0.459 e. The maximum absolute atomic E-state index is 12.1. The van der Waals surface area contributed by atoms with E-state index in [0.717, 1.165) is 25.5 Å². The highest BCUT2D eigenvalue weighted by atomic mass is 16.5. The fourth-order valence-electron chi connectivity index (χ4n) is 2.42. The lowest BCUT2D eigenvalue weighted by Crippen LogP contribution is -2.17. The Balaban J connectivity index is 2.34. The Bertz CT molecular complexity index is 436. The minimum atomic E-state index is -0.296. The van der Waals surface area contributed by atoms with Gasteiger partial charge in [0, 0.05) is 5.56 Å². The molecule has 0 aliphatic carbocycles. The van der Waals surface area contributed by atoms with Crippen molar-refractivity contribution >= 4 is 12.3 Å². The van der Waals surface area contributed by atoms with Crippen LogP contribution in [-0.2, 0) is 4.74 Å². The third kappa shape index (κ3) is 6.88. The highest BCUT2D eigenvalue weighted by Gasteiger charge is 2.14. The summed E-state index contributed by atoms with van der Waals surface area (Å²) in [5, 5.41) is 0.